The Bertz CT molecular complexity index is 435. The van der Waals surface area contributed by atoms with Crippen LogP contribution in [0.1, 0.15) is 5.56 Å². The summed E-state index contributed by atoms with van der Waals surface area (Å²) in [6.07, 6.45) is 4.19. The third-order valence-electron chi connectivity index (χ3n) is 2.61. The highest BCUT2D eigenvalue weighted by Crippen LogP contribution is 2.24. The molecule has 4 heteroatoms. The third kappa shape index (κ3) is 3.89. The number of para-hydroxylation sites is 1. The monoisotopic (exact) mass is 248 g/mol. The van der Waals surface area contributed by atoms with Gasteiger partial charge in [0.05, 0.1) is 19.8 Å². The standard InChI is InChI=1S/C14H16O4/c1-16-14(15)7-4-8-17-13-6-3-2-5-11(13)9-12-10-18-12/h2-7,12H,8-10H2,1H3. The van der Waals surface area contributed by atoms with Crippen LogP contribution in [0.5, 0.6) is 5.75 Å². The molecule has 1 fully saturated rings. The number of hydrogen-bond acceptors (Lipinski definition) is 4. The predicted octanol–water partition coefficient (Wildman–Crippen LogP) is 1.74. The van der Waals surface area contributed by atoms with E-state index in [1.54, 1.807) is 6.08 Å². The number of rotatable bonds is 6. The molecule has 0 amide bonds. The van der Waals surface area contributed by atoms with Gasteiger partial charge < -0.3 is 14.2 Å². The fourth-order valence-corrected chi connectivity index (χ4v) is 1.59. The molecule has 1 atom stereocenters. The molecule has 96 valence electrons. The van der Waals surface area contributed by atoms with Crippen molar-refractivity contribution in [1.29, 1.82) is 0 Å². The molecule has 1 aliphatic heterocycles. The number of ether oxygens (including phenoxy) is 3. The Morgan fingerprint density at radius 1 is 1.50 bits per heavy atom. The van der Waals surface area contributed by atoms with E-state index >= 15 is 0 Å². The van der Waals surface area contributed by atoms with Gasteiger partial charge in [-0.1, -0.05) is 18.2 Å². The summed E-state index contributed by atoms with van der Waals surface area (Å²) in [6, 6.07) is 7.86. The molecule has 0 aliphatic carbocycles. The molecule has 1 saturated heterocycles. The van der Waals surface area contributed by atoms with E-state index < -0.39 is 0 Å². The van der Waals surface area contributed by atoms with Crippen molar-refractivity contribution < 1.29 is 19.0 Å². The van der Waals surface area contributed by atoms with Gasteiger partial charge >= 0.3 is 5.97 Å². The molecule has 18 heavy (non-hydrogen) atoms. The van der Waals surface area contributed by atoms with Gasteiger partial charge in [0.25, 0.3) is 0 Å². The molecule has 1 heterocycles. The van der Waals surface area contributed by atoms with Crippen molar-refractivity contribution >= 4 is 5.97 Å². The highest BCUT2D eigenvalue weighted by Gasteiger charge is 2.23. The SMILES string of the molecule is COC(=O)C=CCOc1ccccc1CC1CO1. The van der Waals surface area contributed by atoms with Crippen LogP contribution in [-0.2, 0) is 20.7 Å². The molecule has 0 aromatic heterocycles. The lowest BCUT2D eigenvalue weighted by molar-refractivity contribution is -0.134. The maximum Gasteiger partial charge on any atom is 0.330 e. The summed E-state index contributed by atoms with van der Waals surface area (Å²) in [5, 5.41) is 0. The number of carbonyl (C=O) groups is 1. The molecule has 1 aromatic rings. The third-order valence-corrected chi connectivity index (χ3v) is 2.61. The summed E-state index contributed by atoms with van der Waals surface area (Å²) in [4.78, 5) is 10.9. The summed E-state index contributed by atoms with van der Waals surface area (Å²) >= 11 is 0. The number of hydrogen-bond donors (Lipinski definition) is 0. The minimum Gasteiger partial charge on any atom is -0.489 e. The number of carbonyl (C=O) groups excluding carboxylic acids is 1. The summed E-state index contributed by atoms with van der Waals surface area (Å²) in [5.41, 5.74) is 1.13. The minimum absolute atomic E-state index is 0.334. The van der Waals surface area contributed by atoms with Crippen LogP contribution in [-0.4, -0.2) is 32.4 Å². The smallest absolute Gasteiger partial charge is 0.330 e. The van der Waals surface area contributed by atoms with Crippen molar-refractivity contribution in [3.8, 4) is 5.75 Å². The van der Waals surface area contributed by atoms with Crippen molar-refractivity contribution in [2.45, 2.75) is 12.5 Å². The summed E-state index contributed by atoms with van der Waals surface area (Å²) in [7, 11) is 1.35. The first kappa shape index (κ1) is 12.6. The van der Waals surface area contributed by atoms with Gasteiger partial charge in [0, 0.05) is 12.5 Å². The van der Waals surface area contributed by atoms with E-state index in [9.17, 15) is 4.79 Å². The van der Waals surface area contributed by atoms with Crippen LogP contribution >= 0.6 is 0 Å². The van der Waals surface area contributed by atoms with Crippen LogP contribution in [0.4, 0.5) is 0 Å². The van der Waals surface area contributed by atoms with E-state index in [1.807, 2.05) is 24.3 Å². The first-order chi connectivity index (χ1) is 8.79. The summed E-state index contributed by atoms with van der Waals surface area (Å²) < 4.78 is 15.3. The van der Waals surface area contributed by atoms with Crippen LogP contribution < -0.4 is 4.74 Å². The molecule has 4 nitrogen and oxygen atoms in total. The molecule has 1 unspecified atom stereocenters. The number of epoxide rings is 1. The van der Waals surface area contributed by atoms with E-state index in [2.05, 4.69) is 4.74 Å². The maximum atomic E-state index is 10.9. The van der Waals surface area contributed by atoms with E-state index in [0.29, 0.717) is 12.7 Å². The lowest BCUT2D eigenvalue weighted by Crippen LogP contribution is -2.01. The number of esters is 1. The van der Waals surface area contributed by atoms with Gasteiger partial charge in [-0.05, 0) is 17.7 Å². The average Bonchev–Trinajstić information content (AvgIpc) is 3.20. The first-order valence-electron chi connectivity index (χ1n) is 5.86. The molecule has 1 aliphatic rings. The molecule has 1 aromatic carbocycles. The van der Waals surface area contributed by atoms with E-state index in [-0.39, 0.29) is 5.97 Å². The zero-order valence-electron chi connectivity index (χ0n) is 10.3. The Morgan fingerprint density at radius 3 is 3.00 bits per heavy atom. The Hall–Kier alpha value is -1.81. The van der Waals surface area contributed by atoms with Crippen LogP contribution in [0.3, 0.4) is 0 Å². The van der Waals surface area contributed by atoms with Crippen molar-refractivity contribution in [2.24, 2.45) is 0 Å². The second kappa shape index (κ2) is 6.21. The van der Waals surface area contributed by atoms with Gasteiger partial charge in [-0.25, -0.2) is 4.79 Å². The number of methoxy groups -OCH3 is 1. The zero-order chi connectivity index (χ0) is 12.8. The molecular weight excluding hydrogens is 232 g/mol. The minimum atomic E-state index is -0.377. The van der Waals surface area contributed by atoms with E-state index in [4.69, 9.17) is 9.47 Å². The Balaban J connectivity index is 1.87. The lowest BCUT2D eigenvalue weighted by atomic mass is 10.1. The van der Waals surface area contributed by atoms with Crippen molar-refractivity contribution in [1.82, 2.24) is 0 Å². The Labute approximate surface area is 106 Å². The van der Waals surface area contributed by atoms with Gasteiger partial charge in [-0.15, -0.1) is 0 Å². The van der Waals surface area contributed by atoms with Crippen molar-refractivity contribution in [3.05, 3.63) is 42.0 Å². The molecule has 0 N–H and O–H groups in total. The second-order valence-electron chi connectivity index (χ2n) is 4.00. The molecule has 0 radical (unpaired) electrons. The molecule has 0 saturated carbocycles. The Kier molecular flexibility index (Phi) is 4.36. The van der Waals surface area contributed by atoms with Crippen LogP contribution in [0.2, 0.25) is 0 Å². The highest BCUT2D eigenvalue weighted by atomic mass is 16.6. The average molecular weight is 248 g/mol. The second-order valence-corrected chi connectivity index (χ2v) is 4.00. The summed E-state index contributed by atoms with van der Waals surface area (Å²) in [6.45, 7) is 1.17. The highest BCUT2D eigenvalue weighted by molar-refractivity contribution is 5.81. The molecule has 0 spiro atoms. The first-order valence-corrected chi connectivity index (χ1v) is 5.86. The predicted molar refractivity (Wildman–Crippen MR) is 66.5 cm³/mol. The van der Waals surface area contributed by atoms with Gasteiger partial charge in [-0.2, -0.15) is 0 Å². The molecule has 2 rings (SSSR count). The van der Waals surface area contributed by atoms with Crippen molar-refractivity contribution in [3.63, 3.8) is 0 Å². The quantitative estimate of drug-likeness (QED) is 0.437. The van der Waals surface area contributed by atoms with Gasteiger partial charge in [-0.3, -0.25) is 0 Å². The van der Waals surface area contributed by atoms with Crippen LogP contribution in [0.15, 0.2) is 36.4 Å². The number of benzene rings is 1. The molecular formula is C14H16O4. The van der Waals surface area contributed by atoms with Crippen LogP contribution in [0, 0.1) is 0 Å². The van der Waals surface area contributed by atoms with E-state index in [0.717, 1.165) is 24.3 Å². The van der Waals surface area contributed by atoms with E-state index in [1.165, 1.54) is 13.2 Å². The van der Waals surface area contributed by atoms with Gasteiger partial charge in [0.2, 0.25) is 0 Å². The Morgan fingerprint density at radius 2 is 2.28 bits per heavy atom. The maximum absolute atomic E-state index is 10.9. The zero-order valence-corrected chi connectivity index (χ0v) is 10.3. The van der Waals surface area contributed by atoms with Crippen molar-refractivity contribution in [2.75, 3.05) is 20.3 Å². The normalized spacial score (nSPS) is 17.7. The van der Waals surface area contributed by atoms with Gasteiger partial charge in [0.1, 0.15) is 12.4 Å². The lowest BCUT2D eigenvalue weighted by Gasteiger charge is -2.08. The van der Waals surface area contributed by atoms with Gasteiger partial charge in [0.15, 0.2) is 0 Å². The largest absolute Gasteiger partial charge is 0.489 e. The van der Waals surface area contributed by atoms with Crippen LogP contribution in [0.25, 0.3) is 0 Å². The fraction of sp³-hybridized carbons (Fsp3) is 0.357. The topological polar surface area (TPSA) is 48.1 Å². The fourth-order valence-electron chi connectivity index (χ4n) is 1.59. The molecule has 0 bridgehead atoms. The summed E-state index contributed by atoms with van der Waals surface area (Å²) in [5.74, 6) is 0.459.